The molecule has 2 atom stereocenters. The Kier molecular flexibility index (Phi) is 4.96. The molecular formula is C21H18Cl2N4O. The van der Waals surface area contributed by atoms with Crippen molar-refractivity contribution in [2.75, 3.05) is 11.9 Å². The highest BCUT2D eigenvalue weighted by molar-refractivity contribution is 6.42. The summed E-state index contributed by atoms with van der Waals surface area (Å²) in [5.41, 5.74) is 2.41. The normalized spacial score (nSPS) is 18.4. The lowest BCUT2D eigenvalue weighted by molar-refractivity contribution is -0.121. The number of amides is 1. The number of fused-ring (bicyclic) bond motifs is 1. The maximum absolute atomic E-state index is 13.5. The van der Waals surface area contributed by atoms with Crippen LogP contribution in [0.25, 0.3) is 0 Å². The fourth-order valence-electron chi connectivity index (χ4n) is 3.56. The molecule has 1 aliphatic rings. The van der Waals surface area contributed by atoms with Crippen molar-refractivity contribution < 1.29 is 4.79 Å². The van der Waals surface area contributed by atoms with Gasteiger partial charge in [0, 0.05) is 24.5 Å². The van der Waals surface area contributed by atoms with Crippen LogP contribution in [0, 0.1) is 5.92 Å². The van der Waals surface area contributed by atoms with E-state index < -0.39 is 5.92 Å². The highest BCUT2D eigenvalue weighted by atomic mass is 35.5. The Morgan fingerprint density at radius 3 is 2.54 bits per heavy atom. The van der Waals surface area contributed by atoms with Crippen molar-refractivity contribution in [3.05, 3.63) is 76.4 Å². The van der Waals surface area contributed by atoms with E-state index in [1.54, 1.807) is 35.0 Å². The van der Waals surface area contributed by atoms with Gasteiger partial charge in [-0.1, -0.05) is 47.5 Å². The molecule has 0 spiro atoms. The first-order valence-corrected chi connectivity index (χ1v) is 9.59. The van der Waals surface area contributed by atoms with Gasteiger partial charge in [-0.15, -0.1) is 0 Å². The molecule has 0 radical (unpaired) electrons. The van der Waals surface area contributed by atoms with E-state index in [-0.39, 0.29) is 11.9 Å². The highest BCUT2D eigenvalue weighted by Crippen LogP contribution is 2.39. The van der Waals surface area contributed by atoms with Gasteiger partial charge in [-0.2, -0.15) is 5.10 Å². The summed E-state index contributed by atoms with van der Waals surface area (Å²) in [6, 6.07) is 16.4. The lowest BCUT2D eigenvalue weighted by Gasteiger charge is -2.33. The topological polar surface area (TPSA) is 50.5 Å². The summed E-state index contributed by atoms with van der Waals surface area (Å²) in [6.45, 7) is 1.88. The number of benzene rings is 2. The average molecular weight is 413 g/mol. The van der Waals surface area contributed by atoms with Gasteiger partial charge in [-0.3, -0.25) is 4.79 Å². The maximum atomic E-state index is 13.5. The SMILES string of the molecule is CC1=Nc2ccnn2C(c2ccc(Cl)c(Cl)c2)C1C(=O)N(C)c1ccccc1. The molecule has 2 aromatic carbocycles. The molecule has 3 aromatic rings. The summed E-state index contributed by atoms with van der Waals surface area (Å²) in [6.07, 6.45) is 1.68. The molecule has 7 heteroatoms. The quantitative estimate of drug-likeness (QED) is 0.595. The number of carbonyl (C=O) groups is 1. The summed E-state index contributed by atoms with van der Waals surface area (Å²) in [5.74, 6) is 0.125. The predicted octanol–water partition coefficient (Wildman–Crippen LogP) is 5.16. The van der Waals surface area contributed by atoms with Gasteiger partial charge in [0.05, 0.1) is 22.3 Å². The average Bonchev–Trinajstić information content (AvgIpc) is 3.16. The number of hydrogen-bond acceptors (Lipinski definition) is 3. The first-order valence-electron chi connectivity index (χ1n) is 8.83. The van der Waals surface area contributed by atoms with Crippen LogP contribution in [0.2, 0.25) is 10.0 Å². The van der Waals surface area contributed by atoms with Crippen LogP contribution >= 0.6 is 23.2 Å². The van der Waals surface area contributed by atoms with Crippen molar-refractivity contribution in [3.8, 4) is 0 Å². The van der Waals surface area contributed by atoms with E-state index in [0.29, 0.717) is 15.9 Å². The third-order valence-electron chi connectivity index (χ3n) is 4.99. The lowest BCUT2D eigenvalue weighted by atomic mass is 9.87. The van der Waals surface area contributed by atoms with Gasteiger partial charge in [0.25, 0.3) is 0 Å². The molecule has 142 valence electrons. The molecule has 0 N–H and O–H groups in total. The number of para-hydroxylation sites is 1. The van der Waals surface area contributed by atoms with E-state index in [0.717, 1.165) is 17.0 Å². The van der Waals surface area contributed by atoms with Crippen LogP contribution in [-0.2, 0) is 4.79 Å². The molecule has 2 heterocycles. The number of carbonyl (C=O) groups excluding carboxylic acids is 1. The van der Waals surface area contributed by atoms with E-state index in [2.05, 4.69) is 10.1 Å². The Balaban J connectivity index is 1.81. The minimum Gasteiger partial charge on any atom is -0.315 e. The zero-order chi connectivity index (χ0) is 19.8. The van der Waals surface area contributed by atoms with Crippen molar-refractivity contribution in [1.29, 1.82) is 0 Å². The molecule has 28 heavy (non-hydrogen) atoms. The Labute approximate surface area is 173 Å². The Bertz CT molecular complexity index is 1060. The number of aromatic nitrogens is 2. The van der Waals surface area contributed by atoms with Gasteiger partial charge in [0.15, 0.2) is 5.82 Å². The fourth-order valence-corrected chi connectivity index (χ4v) is 3.87. The molecule has 0 saturated carbocycles. The summed E-state index contributed by atoms with van der Waals surface area (Å²) in [4.78, 5) is 19.8. The van der Waals surface area contributed by atoms with Crippen LogP contribution in [0.4, 0.5) is 11.5 Å². The van der Waals surface area contributed by atoms with Crippen molar-refractivity contribution >= 4 is 46.3 Å². The number of nitrogens with zero attached hydrogens (tertiary/aromatic N) is 4. The number of rotatable bonds is 3. The van der Waals surface area contributed by atoms with Crippen molar-refractivity contribution in [3.63, 3.8) is 0 Å². The van der Waals surface area contributed by atoms with Gasteiger partial charge in [-0.05, 0) is 36.8 Å². The Hall–Kier alpha value is -2.63. The number of halogens is 2. The number of anilines is 1. The second-order valence-electron chi connectivity index (χ2n) is 6.72. The number of aliphatic imine (C=N–C) groups is 1. The van der Waals surface area contributed by atoms with E-state index in [4.69, 9.17) is 23.2 Å². The van der Waals surface area contributed by atoms with Crippen LogP contribution in [0.1, 0.15) is 18.5 Å². The van der Waals surface area contributed by atoms with Gasteiger partial charge < -0.3 is 4.90 Å². The van der Waals surface area contributed by atoms with E-state index in [1.807, 2.05) is 49.4 Å². The van der Waals surface area contributed by atoms with Gasteiger partial charge in [0.1, 0.15) is 5.92 Å². The fraction of sp³-hybridized carbons (Fsp3) is 0.190. The second-order valence-corrected chi connectivity index (χ2v) is 7.53. The zero-order valence-electron chi connectivity index (χ0n) is 15.4. The van der Waals surface area contributed by atoms with Crippen LogP contribution in [-0.4, -0.2) is 28.4 Å². The molecule has 5 nitrogen and oxygen atoms in total. The van der Waals surface area contributed by atoms with E-state index >= 15 is 0 Å². The van der Waals surface area contributed by atoms with Crippen molar-refractivity contribution in [2.45, 2.75) is 13.0 Å². The van der Waals surface area contributed by atoms with Crippen LogP contribution in [0.3, 0.4) is 0 Å². The standard InChI is InChI=1S/C21H18Cl2N4O/c1-13-19(21(28)26(2)15-6-4-3-5-7-15)20(27-18(25-13)10-11-24-27)14-8-9-16(22)17(23)12-14/h3-12,19-20H,1-2H3. The smallest absolute Gasteiger partial charge is 0.238 e. The molecule has 1 amide bonds. The zero-order valence-corrected chi connectivity index (χ0v) is 16.9. The Morgan fingerprint density at radius 2 is 1.82 bits per heavy atom. The molecular weight excluding hydrogens is 395 g/mol. The van der Waals surface area contributed by atoms with Crippen LogP contribution in [0.15, 0.2) is 65.8 Å². The first kappa shape index (κ1) is 18.7. The summed E-state index contributed by atoms with van der Waals surface area (Å²) in [7, 11) is 1.77. The van der Waals surface area contributed by atoms with Gasteiger partial charge >= 0.3 is 0 Å². The largest absolute Gasteiger partial charge is 0.315 e. The van der Waals surface area contributed by atoms with E-state index in [9.17, 15) is 4.79 Å². The van der Waals surface area contributed by atoms with Crippen molar-refractivity contribution in [2.24, 2.45) is 10.9 Å². The van der Waals surface area contributed by atoms with Gasteiger partial charge in [-0.25, -0.2) is 9.67 Å². The molecule has 1 aromatic heterocycles. The maximum Gasteiger partial charge on any atom is 0.238 e. The molecule has 0 fully saturated rings. The lowest BCUT2D eigenvalue weighted by Crippen LogP contribution is -2.43. The van der Waals surface area contributed by atoms with Crippen LogP contribution in [0.5, 0.6) is 0 Å². The number of hydrogen-bond donors (Lipinski definition) is 0. The Morgan fingerprint density at radius 1 is 1.07 bits per heavy atom. The molecule has 0 aliphatic carbocycles. The molecule has 2 unspecified atom stereocenters. The molecule has 1 aliphatic heterocycles. The summed E-state index contributed by atoms with van der Waals surface area (Å²) < 4.78 is 1.77. The first-order chi connectivity index (χ1) is 13.5. The third-order valence-corrected chi connectivity index (χ3v) is 5.73. The minimum absolute atomic E-state index is 0.0651. The predicted molar refractivity (Wildman–Crippen MR) is 113 cm³/mol. The van der Waals surface area contributed by atoms with Crippen molar-refractivity contribution in [1.82, 2.24) is 9.78 Å². The summed E-state index contributed by atoms with van der Waals surface area (Å²) >= 11 is 12.4. The molecule has 0 saturated heterocycles. The van der Waals surface area contributed by atoms with E-state index in [1.165, 1.54) is 0 Å². The third kappa shape index (κ3) is 3.21. The second kappa shape index (κ2) is 7.41. The molecule has 0 bridgehead atoms. The monoisotopic (exact) mass is 412 g/mol. The minimum atomic E-state index is -0.519. The molecule has 4 rings (SSSR count). The summed E-state index contributed by atoms with van der Waals surface area (Å²) in [5, 5.41) is 5.34. The van der Waals surface area contributed by atoms with Crippen LogP contribution < -0.4 is 4.90 Å². The van der Waals surface area contributed by atoms with Gasteiger partial charge in [0.2, 0.25) is 5.91 Å². The highest BCUT2D eigenvalue weighted by Gasteiger charge is 2.39.